The first-order valence-corrected chi connectivity index (χ1v) is 10.0. The number of thiophene rings is 1. The van der Waals surface area contributed by atoms with Crippen LogP contribution >= 0.6 is 11.3 Å². The number of halogens is 1. The number of amides is 1. The van der Waals surface area contributed by atoms with Crippen LogP contribution in [0.15, 0.2) is 29.6 Å². The second-order valence-corrected chi connectivity index (χ2v) is 8.00. The highest BCUT2D eigenvalue weighted by Gasteiger charge is 2.26. The van der Waals surface area contributed by atoms with Crippen LogP contribution in [0.2, 0.25) is 0 Å². The number of benzene rings is 1. The molecule has 1 aliphatic carbocycles. The first-order chi connectivity index (χ1) is 13.1. The molecule has 1 fully saturated rings. The molecular weight excluding hydrogens is 365 g/mol. The lowest BCUT2D eigenvalue weighted by molar-refractivity contribution is -0.115. The number of ether oxygens (including phenoxy) is 1. The van der Waals surface area contributed by atoms with E-state index < -0.39 is 6.17 Å². The summed E-state index contributed by atoms with van der Waals surface area (Å²) < 4.78 is 19.3. The zero-order valence-electron chi connectivity index (χ0n) is 15.1. The fourth-order valence-electron chi connectivity index (χ4n) is 3.79. The fraction of sp³-hybridized carbons (Fsp3) is 0.400. The highest BCUT2D eigenvalue weighted by molar-refractivity contribution is 7.10. The van der Waals surface area contributed by atoms with Gasteiger partial charge in [0.15, 0.2) is 0 Å². The van der Waals surface area contributed by atoms with E-state index in [1.807, 2.05) is 29.6 Å². The number of hydrogen-bond acceptors (Lipinski definition) is 4. The van der Waals surface area contributed by atoms with Gasteiger partial charge in [-0.2, -0.15) is 5.10 Å². The third-order valence-corrected chi connectivity index (χ3v) is 5.99. The maximum atomic E-state index is 13.9. The number of alkyl halides is 1. The fourth-order valence-corrected chi connectivity index (χ4v) is 4.50. The van der Waals surface area contributed by atoms with Crippen LogP contribution in [0.1, 0.15) is 42.2 Å². The zero-order valence-corrected chi connectivity index (χ0v) is 15.9. The number of aromatic amines is 1. The van der Waals surface area contributed by atoms with Crippen molar-refractivity contribution in [2.75, 3.05) is 12.4 Å². The summed E-state index contributed by atoms with van der Waals surface area (Å²) in [4.78, 5) is 13.4. The lowest BCUT2D eigenvalue weighted by atomic mass is 9.84. The smallest absolute Gasteiger partial charge is 0.229 e. The van der Waals surface area contributed by atoms with E-state index in [0.717, 1.165) is 34.3 Å². The Labute approximate surface area is 160 Å². The summed E-state index contributed by atoms with van der Waals surface area (Å²) in [5.41, 5.74) is 2.32. The number of H-pyrrole nitrogens is 1. The van der Waals surface area contributed by atoms with Gasteiger partial charge in [-0.25, -0.2) is 4.39 Å². The summed E-state index contributed by atoms with van der Waals surface area (Å²) in [7, 11) is 1.57. The summed E-state index contributed by atoms with van der Waals surface area (Å²) in [5.74, 6) is 0.593. The molecule has 3 aromatic rings. The van der Waals surface area contributed by atoms with E-state index in [9.17, 15) is 9.18 Å². The molecule has 2 N–H and O–H groups in total. The van der Waals surface area contributed by atoms with Gasteiger partial charge < -0.3 is 10.1 Å². The summed E-state index contributed by atoms with van der Waals surface area (Å²) >= 11 is 1.55. The van der Waals surface area contributed by atoms with Crippen LogP contribution in [0.25, 0.3) is 10.9 Å². The van der Waals surface area contributed by atoms with Crippen LogP contribution in [0.5, 0.6) is 5.75 Å². The van der Waals surface area contributed by atoms with Gasteiger partial charge in [0.05, 0.1) is 24.7 Å². The van der Waals surface area contributed by atoms with E-state index in [4.69, 9.17) is 4.74 Å². The molecule has 0 saturated heterocycles. The molecule has 2 unspecified atom stereocenters. The molecule has 7 heteroatoms. The van der Waals surface area contributed by atoms with E-state index in [-0.39, 0.29) is 11.8 Å². The second-order valence-electron chi connectivity index (χ2n) is 6.97. The van der Waals surface area contributed by atoms with Crippen molar-refractivity contribution in [2.24, 2.45) is 0 Å². The normalized spacial score (nSPS) is 19.9. The SMILES string of the molecule is COc1cc2n[nH]c(C3CCCC(F)C3)c2cc1NC(=O)Cc1cccs1. The van der Waals surface area contributed by atoms with Crippen molar-refractivity contribution in [1.82, 2.24) is 10.2 Å². The number of hydrogen-bond donors (Lipinski definition) is 2. The topological polar surface area (TPSA) is 67.0 Å². The Bertz CT molecular complexity index is 938. The number of aromatic nitrogens is 2. The Balaban J connectivity index is 1.63. The van der Waals surface area contributed by atoms with Gasteiger partial charge in [-0.3, -0.25) is 9.89 Å². The molecule has 27 heavy (non-hydrogen) atoms. The van der Waals surface area contributed by atoms with E-state index in [0.29, 0.717) is 30.7 Å². The van der Waals surface area contributed by atoms with Crippen molar-refractivity contribution in [2.45, 2.75) is 44.2 Å². The Morgan fingerprint density at radius 3 is 3.07 bits per heavy atom. The molecule has 1 aromatic carbocycles. The molecule has 1 amide bonds. The number of fused-ring (bicyclic) bond motifs is 1. The van der Waals surface area contributed by atoms with Gasteiger partial charge in [0.1, 0.15) is 11.9 Å². The average molecular weight is 387 g/mol. The third-order valence-electron chi connectivity index (χ3n) is 5.11. The lowest BCUT2D eigenvalue weighted by Crippen LogP contribution is -2.15. The Kier molecular flexibility index (Phi) is 5.11. The molecule has 1 saturated carbocycles. The second kappa shape index (κ2) is 7.68. The van der Waals surface area contributed by atoms with Gasteiger partial charge in [0.25, 0.3) is 0 Å². The van der Waals surface area contributed by atoms with Crippen molar-refractivity contribution in [3.63, 3.8) is 0 Å². The molecule has 5 nitrogen and oxygen atoms in total. The van der Waals surface area contributed by atoms with Crippen molar-refractivity contribution < 1.29 is 13.9 Å². The van der Waals surface area contributed by atoms with Crippen molar-refractivity contribution in [3.8, 4) is 5.75 Å². The molecule has 0 aliphatic heterocycles. The molecular formula is C20H22FN3O2S. The van der Waals surface area contributed by atoms with E-state index in [1.54, 1.807) is 18.4 Å². The molecule has 4 rings (SSSR count). The summed E-state index contributed by atoms with van der Waals surface area (Å²) in [6.45, 7) is 0. The largest absolute Gasteiger partial charge is 0.494 e. The molecule has 2 atom stereocenters. The van der Waals surface area contributed by atoms with E-state index >= 15 is 0 Å². The van der Waals surface area contributed by atoms with Crippen molar-refractivity contribution in [3.05, 3.63) is 40.2 Å². The van der Waals surface area contributed by atoms with E-state index in [1.165, 1.54) is 0 Å². The third kappa shape index (κ3) is 3.83. The van der Waals surface area contributed by atoms with Crippen molar-refractivity contribution in [1.29, 1.82) is 0 Å². The van der Waals surface area contributed by atoms with Gasteiger partial charge in [-0.15, -0.1) is 11.3 Å². The molecule has 2 aromatic heterocycles. The molecule has 0 bridgehead atoms. The maximum absolute atomic E-state index is 13.9. The zero-order chi connectivity index (χ0) is 18.8. The predicted molar refractivity (Wildman–Crippen MR) is 105 cm³/mol. The van der Waals surface area contributed by atoms with Crippen LogP contribution in [0.4, 0.5) is 10.1 Å². The lowest BCUT2D eigenvalue weighted by Gasteiger charge is -2.23. The van der Waals surface area contributed by atoms with E-state index in [2.05, 4.69) is 15.5 Å². The molecule has 1 aliphatic rings. The first-order valence-electron chi connectivity index (χ1n) is 9.16. The Morgan fingerprint density at radius 1 is 1.44 bits per heavy atom. The minimum absolute atomic E-state index is 0.0957. The van der Waals surface area contributed by atoms with Gasteiger partial charge in [-0.05, 0) is 43.2 Å². The van der Waals surface area contributed by atoms with Crippen LogP contribution in [0.3, 0.4) is 0 Å². The molecule has 0 radical (unpaired) electrons. The number of methoxy groups -OCH3 is 1. The summed E-state index contributed by atoms with van der Waals surface area (Å²) in [5, 5.41) is 13.3. The van der Waals surface area contributed by atoms with Crippen LogP contribution in [-0.2, 0) is 11.2 Å². The predicted octanol–water partition coefficient (Wildman–Crippen LogP) is 4.81. The average Bonchev–Trinajstić information content (AvgIpc) is 3.30. The summed E-state index contributed by atoms with van der Waals surface area (Å²) in [6, 6.07) is 7.57. The number of anilines is 1. The van der Waals surface area contributed by atoms with Gasteiger partial charge >= 0.3 is 0 Å². The molecule has 0 spiro atoms. The minimum atomic E-state index is -0.759. The standard InChI is InChI=1S/C20H22FN3O2S/c1-26-18-11-16-15(20(24-23-16)12-4-2-5-13(21)8-12)10-17(18)22-19(25)9-14-6-3-7-27-14/h3,6-7,10-13H,2,4-5,8-9H2,1H3,(H,22,25)(H,23,24). The number of nitrogens with one attached hydrogen (secondary N) is 2. The maximum Gasteiger partial charge on any atom is 0.229 e. The highest BCUT2D eigenvalue weighted by atomic mass is 32.1. The van der Waals surface area contributed by atoms with Gasteiger partial charge in [0.2, 0.25) is 5.91 Å². The first kappa shape index (κ1) is 18.0. The Hall–Kier alpha value is -2.41. The van der Waals surface area contributed by atoms with Crippen molar-refractivity contribution >= 4 is 33.8 Å². The molecule has 142 valence electrons. The minimum Gasteiger partial charge on any atom is -0.494 e. The number of rotatable bonds is 5. The molecule has 2 heterocycles. The monoisotopic (exact) mass is 387 g/mol. The van der Waals surface area contributed by atoms with Gasteiger partial charge in [0, 0.05) is 27.9 Å². The number of nitrogens with zero attached hydrogens (tertiary/aromatic N) is 1. The van der Waals surface area contributed by atoms with Gasteiger partial charge in [-0.1, -0.05) is 6.07 Å². The summed E-state index contributed by atoms with van der Waals surface area (Å²) in [6.07, 6.45) is 2.55. The number of carbonyl (C=O) groups is 1. The van der Waals surface area contributed by atoms with Crippen LogP contribution in [-0.4, -0.2) is 29.4 Å². The quantitative estimate of drug-likeness (QED) is 0.660. The number of carbonyl (C=O) groups excluding carboxylic acids is 1. The van der Waals surface area contributed by atoms with Crippen LogP contribution in [0, 0.1) is 0 Å². The van der Waals surface area contributed by atoms with Crippen LogP contribution < -0.4 is 10.1 Å². The highest BCUT2D eigenvalue weighted by Crippen LogP contribution is 2.39. The Morgan fingerprint density at radius 2 is 2.33 bits per heavy atom.